The Kier molecular flexibility index (Phi) is 3.99. The number of hydrogen-bond acceptors (Lipinski definition) is 3. The van der Waals surface area contributed by atoms with E-state index in [1.54, 1.807) is 4.68 Å². The smallest absolute Gasteiger partial charge is 0.242 e. The number of hydrogen-bond donors (Lipinski definition) is 2. The quantitative estimate of drug-likeness (QED) is 0.849. The summed E-state index contributed by atoms with van der Waals surface area (Å²) >= 11 is 5.34. The first kappa shape index (κ1) is 14.8. The minimum atomic E-state index is -0.371. The molecule has 2 N–H and O–H groups in total. The summed E-state index contributed by atoms with van der Waals surface area (Å²) in [6, 6.07) is -0.371. The zero-order valence-corrected chi connectivity index (χ0v) is 13.3. The van der Waals surface area contributed by atoms with E-state index in [0.717, 1.165) is 16.9 Å². The van der Waals surface area contributed by atoms with Crippen molar-refractivity contribution in [3.05, 3.63) is 10.5 Å². The van der Waals surface area contributed by atoms with E-state index in [1.165, 1.54) is 0 Å². The van der Waals surface area contributed by atoms with Crippen molar-refractivity contribution in [2.45, 2.75) is 33.7 Å². The largest absolute Gasteiger partial charge is 0.354 e. The number of fused-ring (bicyclic) bond motifs is 1. The van der Waals surface area contributed by atoms with Gasteiger partial charge in [-0.15, -0.1) is 0 Å². The fourth-order valence-electron chi connectivity index (χ4n) is 2.26. The molecule has 0 fully saturated rings. The van der Waals surface area contributed by atoms with E-state index in [9.17, 15) is 4.79 Å². The van der Waals surface area contributed by atoms with Gasteiger partial charge >= 0.3 is 0 Å². The molecule has 0 bridgehead atoms. The van der Waals surface area contributed by atoms with Crippen molar-refractivity contribution in [1.82, 2.24) is 24.6 Å². The number of nitrogens with one attached hydrogen (secondary N) is 2. The van der Waals surface area contributed by atoms with E-state index >= 15 is 0 Å². The van der Waals surface area contributed by atoms with Crippen molar-refractivity contribution in [2.75, 3.05) is 6.54 Å². The molecular formula is C13H21N5OS. The molecule has 2 aromatic rings. The van der Waals surface area contributed by atoms with Crippen molar-refractivity contribution in [1.29, 1.82) is 0 Å². The average Bonchev–Trinajstić information content (AvgIpc) is 2.84. The molecule has 0 saturated heterocycles. The summed E-state index contributed by atoms with van der Waals surface area (Å²) in [5.74, 6) is 0.388. The molecule has 0 radical (unpaired) electrons. The number of aromatic amines is 1. The maximum absolute atomic E-state index is 12.2. The first-order valence-electron chi connectivity index (χ1n) is 6.74. The Balaban J connectivity index is 2.39. The monoisotopic (exact) mass is 295 g/mol. The molecule has 0 aliphatic rings. The van der Waals surface area contributed by atoms with Crippen LogP contribution in [0.25, 0.3) is 11.2 Å². The van der Waals surface area contributed by atoms with Gasteiger partial charge < -0.3 is 10.3 Å². The Hall–Kier alpha value is -1.63. The van der Waals surface area contributed by atoms with E-state index in [2.05, 4.69) is 29.2 Å². The Morgan fingerprint density at radius 1 is 1.45 bits per heavy atom. The molecule has 1 amide bonds. The first-order chi connectivity index (χ1) is 9.32. The maximum Gasteiger partial charge on any atom is 0.242 e. The van der Waals surface area contributed by atoms with Gasteiger partial charge in [0.15, 0.2) is 10.4 Å². The van der Waals surface area contributed by atoms with Gasteiger partial charge in [0.2, 0.25) is 5.91 Å². The summed E-state index contributed by atoms with van der Waals surface area (Å²) in [6.45, 7) is 8.56. The van der Waals surface area contributed by atoms with Crippen LogP contribution in [0, 0.1) is 17.6 Å². The van der Waals surface area contributed by atoms with Crippen LogP contribution in [-0.2, 0) is 11.8 Å². The highest BCUT2D eigenvalue weighted by Gasteiger charge is 2.21. The number of carbonyl (C=O) groups is 1. The van der Waals surface area contributed by atoms with Gasteiger partial charge in [0.05, 0.1) is 5.69 Å². The third kappa shape index (κ3) is 2.49. The summed E-state index contributed by atoms with van der Waals surface area (Å²) in [5, 5.41) is 7.29. The normalized spacial score (nSPS) is 13.1. The lowest BCUT2D eigenvalue weighted by molar-refractivity contribution is -0.123. The van der Waals surface area contributed by atoms with Crippen LogP contribution in [0.5, 0.6) is 0 Å². The summed E-state index contributed by atoms with van der Waals surface area (Å²) in [6.07, 6.45) is 0. The molecule has 7 heteroatoms. The minimum Gasteiger partial charge on any atom is -0.354 e. The second-order valence-electron chi connectivity index (χ2n) is 5.52. The molecule has 110 valence electrons. The molecule has 1 atom stereocenters. The van der Waals surface area contributed by atoms with Gasteiger partial charge in [0.25, 0.3) is 0 Å². The molecule has 2 aromatic heterocycles. The zero-order chi connectivity index (χ0) is 15.0. The molecule has 20 heavy (non-hydrogen) atoms. The van der Waals surface area contributed by atoms with Crippen LogP contribution in [0.15, 0.2) is 0 Å². The van der Waals surface area contributed by atoms with Crippen LogP contribution < -0.4 is 5.32 Å². The Morgan fingerprint density at radius 3 is 2.70 bits per heavy atom. The van der Waals surface area contributed by atoms with Gasteiger partial charge in [0, 0.05) is 13.6 Å². The molecule has 0 aromatic carbocycles. The molecule has 2 rings (SSSR count). The Morgan fingerprint density at radius 2 is 2.10 bits per heavy atom. The van der Waals surface area contributed by atoms with Crippen LogP contribution in [-0.4, -0.2) is 31.8 Å². The molecule has 0 saturated carbocycles. The summed E-state index contributed by atoms with van der Waals surface area (Å²) in [5.41, 5.74) is 2.61. The van der Waals surface area contributed by atoms with Gasteiger partial charge in [-0.05, 0) is 32.0 Å². The molecule has 0 spiro atoms. The number of rotatable bonds is 4. The molecule has 1 unspecified atom stereocenters. The van der Waals surface area contributed by atoms with E-state index in [1.807, 2.05) is 25.5 Å². The highest BCUT2D eigenvalue weighted by atomic mass is 32.1. The number of carbonyl (C=O) groups excluding carboxylic acids is 1. The molecule has 6 nitrogen and oxygen atoms in total. The summed E-state index contributed by atoms with van der Waals surface area (Å²) < 4.78 is 4.12. The van der Waals surface area contributed by atoms with Crippen molar-refractivity contribution >= 4 is 29.3 Å². The van der Waals surface area contributed by atoms with Gasteiger partial charge in [-0.25, -0.2) is 0 Å². The molecule has 0 aliphatic heterocycles. The number of nitrogens with zero attached hydrogens (tertiary/aromatic N) is 3. The first-order valence-corrected chi connectivity index (χ1v) is 7.15. The van der Waals surface area contributed by atoms with Crippen molar-refractivity contribution in [3.8, 4) is 0 Å². The van der Waals surface area contributed by atoms with Crippen molar-refractivity contribution < 1.29 is 4.79 Å². The predicted molar refractivity (Wildman–Crippen MR) is 81.2 cm³/mol. The molecular weight excluding hydrogens is 274 g/mol. The van der Waals surface area contributed by atoms with E-state index in [0.29, 0.717) is 17.2 Å². The average molecular weight is 295 g/mol. The van der Waals surface area contributed by atoms with E-state index in [-0.39, 0.29) is 11.9 Å². The van der Waals surface area contributed by atoms with Crippen LogP contribution in [0.4, 0.5) is 0 Å². The number of imidazole rings is 1. The minimum absolute atomic E-state index is 0.0328. The number of aromatic nitrogens is 4. The summed E-state index contributed by atoms with van der Waals surface area (Å²) in [7, 11) is 1.85. The van der Waals surface area contributed by atoms with Gasteiger partial charge in [-0.3, -0.25) is 14.0 Å². The van der Waals surface area contributed by atoms with Crippen molar-refractivity contribution in [3.63, 3.8) is 0 Å². The van der Waals surface area contributed by atoms with Gasteiger partial charge in [-0.2, -0.15) is 5.10 Å². The molecule has 2 heterocycles. The van der Waals surface area contributed by atoms with Crippen molar-refractivity contribution in [2.24, 2.45) is 13.0 Å². The van der Waals surface area contributed by atoms with Gasteiger partial charge in [0.1, 0.15) is 11.6 Å². The summed E-state index contributed by atoms with van der Waals surface area (Å²) in [4.78, 5) is 15.4. The second-order valence-corrected chi connectivity index (χ2v) is 5.91. The standard InChI is InChI=1S/C13H21N5OS/c1-7(2)6-14-11(19)9(4)18-12-10(15-13(18)20)8(3)16-17(12)5/h7,9H,6H2,1-5H3,(H,14,19)(H,15,20). The van der Waals surface area contributed by atoms with Crippen LogP contribution >= 0.6 is 12.2 Å². The number of amides is 1. The highest BCUT2D eigenvalue weighted by molar-refractivity contribution is 7.71. The second kappa shape index (κ2) is 5.40. The third-order valence-corrected chi connectivity index (χ3v) is 3.62. The van der Waals surface area contributed by atoms with Crippen LogP contribution in [0.1, 0.15) is 32.5 Å². The van der Waals surface area contributed by atoms with E-state index in [4.69, 9.17) is 12.2 Å². The fraction of sp³-hybridized carbons (Fsp3) is 0.615. The Bertz CT molecular complexity index is 693. The van der Waals surface area contributed by atoms with E-state index < -0.39 is 0 Å². The third-order valence-electron chi connectivity index (χ3n) is 3.32. The Labute approximate surface area is 123 Å². The zero-order valence-electron chi connectivity index (χ0n) is 12.5. The SMILES string of the molecule is Cc1nn(C)c2c1[nH]c(=S)n2C(C)C(=O)NCC(C)C. The maximum atomic E-state index is 12.2. The predicted octanol–water partition coefficient (Wildman–Crippen LogP) is 2.07. The molecule has 0 aliphatic carbocycles. The lowest BCUT2D eigenvalue weighted by Gasteiger charge is -2.15. The fourth-order valence-corrected chi connectivity index (χ4v) is 2.61. The van der Waals surface area contributed by atoms with Crippen LogP contribution in [0.2, 0.25) is 0 Å². The lowest BCUT2D eigenvalue weighted by atomic mass is 10.2. The topological polar surface area (TPSA) is 67.6 Å². The van der Waals surface area contributed by atoms with Gasteiger partial charge in [-0.1, -0.05) is 13.8 Å². The van der Waals surface area contributed by atoms with Crippen LogP contribution in [0.3, 0.4) is 0 Å². The number of aryl methyl sites for hydroxylation is 2. The number of H-pyrrole nitrogens is 1. The lowest BCUT2D eigenvalue weighted by Crippen LogP contribution is -2.33. The highest BCUT2D eigenvalue weighted by Crippen LogP contribution is 2.21.